The summed E-state index contributed by atoms with van der Waals surface area (Å²) in [5.74, 6) is -0.612. The molecule has 0 spiro atoms. The van der Waals surface area contributed by atoms with E-state index in [9.17, 15) is 14.4 Å². The summed E-state index contributed by atoms with van der Waals surface area (Å²) in [6, 6.07) is 16.1. The molecular weight excluding hydrogens is 358 g/mol. The van der Waals surface area contributed by atoms with Gasteiger partial charge in [-0.25, -0.2) is 0 Å². The first kappa shape index (κ1) is 19.4. The zero-order valence-electron chi connectivity index (χ0n) is 15.5. The van der Waals surface area contributed by atoms with E-state index in [0.29, 0.717) is 37.2 Å². The van der Waals surface area contributed by atoms with E-state index >= 15 is 0 Å². The lowest BCUT2D eigenvalue weighted by molar-refractivity contribution is -0.121. The Bertz CT molecular complexity index is 846. The van der Waals surface area contributed by atoms with Crippen LogP contribution < -0.4 is 15.8 Å². The van der Waals surface area contributed by atoms with Crippen molar-refractivity contribution in [1.29, 1.82) is 0 Å². The fourth-order valence-corrected chi connectivity index (χ4v) is 3.20. The number of hydrogen-bond donors (Lipinski definition) is 2. The molecule has 146 valence electrons. The van der Waals surface area contributed by atoms with Gasteiger partial charge in [0.25, 0.3) is 11.8 Å². The Labute approximate surface area is 163 Å². The van der Waals surface area contributed by atoms with Crippen molar-refractivity contribution in [3.8, 4) is 5.75 Å². The predicted molar refractivity (Wildman–Crippen MR) is 105 cm³/mol. The summed E-state index contributed by atoms with van der Waals surface area (Å²) in [4.78, 5) is 38.0. The summed E-state index contributed by atoms with van der Waals surface area (Å²) in [6.45, 7) is 0.678. The number of benzene rings is 2. The van der Waals surface area contributed by atoms with Crippen molar-refractivity contribution in [3.63, 3.8) is 0 Å². The third-order valence-electron chi connectivity index (χ3n) is 4.68. The van der Waals surface area contributed by atoms with Gasteiger partial charge in [-0.3, -0.25) is 14.4 Å². The van der Waals surface area contributed by atoms with Crippen molar-refractivity contribution in [1.82, 2.24) is 4.90 Å². The third-order valence-corrected chi connectivity index (χ3v) is 4.68. The first-order valence-corrected chi connectivity index (χ1v) is 9.20. The maximum atomic E-state index is 12.9. The van der Waals surface area contributed by atoms with Crippen molar-refractivity contribution >= 4 is 23.4 Å². The van der Waals surface area contributed by atoms with E-state index in [1.165, 1.54) is 0 Å². The molecule has 2 aromatic carbocycles. The molecule has 7 nitrogen and oxygen atoms in total. The van der Waals surface area contributed by atoms with E-state index in [0.717, 1.165) is 5.69 Å². The van der Waals surface area contributed by atoms with E-state index < -0.39 is 5.91 Å². The van der Waals surface area contributed by atoms with Crippen LogP contribution in [0.4, 0.5) is 5.69 Å². The molecule has 0 aromatic heterocycles. The normalized spacial score (nSPS) is 14.4. The van der Waals surface area contributed by atoms with Crippen LogP contribution in [0.3, 0.4) is 0 Å². The summed E-state index contributed by atoms with van der Waals surface area (Å²) >= 11 is 0. The standard InChI is InChI=1S/C21H23N3O4/c22-19(25)14-28-18-9-5-4-8-17(18)21(27)24-12-10-15(11-13-24)20(26)23-16-6-2-1-3-7-16/h1-9,15H,10-14H2,(H2,22,25)(H,23,26). The zero-order chi connectivity index (χ0) is 19.9. The van der Waals surface area contributed by atoms with Gasteiger partial charge in [0.05, 0.1) is 5.56 Å². The summed E-state index contributed by atoms with van der Waals surface area (Å²) in [5.41, 5.74) is 6.27. The number of para-hydroxylation sites is 2. The second-order valence-corrected chi connectivity index (χ2v) is 6.67. The Balaban J connectivity index is 1.58. The van der Waals surface area contributed by atoms with Gasteiger partial charge >= 0.3 is 0 Å². The number of nitrogens with zero attached hydrogens (tertiary/aromatic N) is 1. The quantitative estimate of drug-likeness (QED) is 0.799. The van der Waals surface area contributed by atoms with Crippen LogP contribution in [0.1, 0.15) is 23.2 Å². The molecule has 1 fully saturated rings. The van der Waals surface area contributed by atoms with Gasteiger partial charge in [0.1, 0.15) is 5.75 Å². The Kier molecular flexibility index (Phi) is 6.26. The van der Waals surface area contributed by atoms with Gasteiger partial charge in [-0.1, -0.05) is 30.3 Å². The monoisotopic (exact) mass is 381 g/mol. The highest BCUT2D eigenvalue weighted by molar-refractivity contribution is 5.97. The lowest BCUT2D eigenvalue weighted by Gasteiger charge is -2.31. The minimum absolute atomic E-state index is 0.0245. The van der Waals surface area contributed by atoms with Gasteiger partial charge in [0, 0.05) is 24.7 Å². The van der Waals surface area contributed by atoms with Crippen LogP contribution in [0.5, 0.6) is 5.75 Å². The molecular formula is C21H23N3O4. The van der Waals surface area contributed by atoms with Crippen molar-refractivity contribution < 1.29 is 19.1 Å². The summed E-state index contributed by atoms with van der Waals surface area (Å²) in [7, 11) is 0. The maximum Gasteiger partial charge on any atom is 0.257 e. The predicted octanol–water partition coefficient (Wildman–Crippen LogP) is 2.04. The second kappa shape index (κ2) is 9.03. The Morgan fingerprint density at radius 2 is 1.64 bits per heavy atom. The number of amides is 3. The largest absolute Gasteiger partial charge is 0.483 e. The molecule has 28 heavy (non-hydrogen) atoms. The van der Waals surface area contributed by atoms with Gasteiger partial charge in [-0.15, -0.1) is 0 Å². The average molecular weight is 381 g/mol. The molecule has 1 aliphatic rings. The lowest BCUT2D eigenvalue weighted by atomic mass is 9.95. The fourth-order valence-electron chi connectivity index (χ4n) is 3.20. The van der Waals surface area contributed by atoms with Crippen LogP contribution >= 0.6 is 0 Å². The molecule has 0 saturated carbocycles. The van der Waals surface area contributed by atoms with E-state index in [4.69, 9.17) is 10.5 Å². The van der Waals surface area contributed by atoms with E-state index in [-0.39, 0.29) is 24.3 Å². The smallest absolute Gasteiger partial charge is 0.257 e. The first-order valence-electron chi connectivity index (χ1n) is 9.20. The molecule has 0 atom stereocenters. The summed E-state index contributed by atoms with van der Waals surface area (Å²) < 4.78 is 5.35. The van der Waals surface area contributed by atoms with E-state index in [1.807, 2.05) is 30.3 Å². The van der Waals surface area contributed by atoms with Gasteiger partial charge in [0.15, 0.2) is 6.61 Å². The van der Waals surface area contributed by atoms with Crippen molar-refractivity contribution in [3.05, 3.63) is 60.2 Å². The molecule has 0 radical (unpaired) electrons. The molecule has 0 unspecified atom stereocenters. The fraction of sp³-hybridized carbons (Fsp3) is 0.286. The number of rotatable bonds is 6. The van der Waals surface area contributed by atoms with Crippen LogP contribution in [0.15, 0.2) is 54.6 Å². The molecule has 3 rings (SSSR count). The number of hydrogen-bond acceptors (Lipinski definition) is 4. The molecule has 1 saturated heterocycles. The molecule has 0 bridgehead atoms. The highest BCUT2D eigenvalue weighted by atomic mass is 16.5. The molecule has 3 amide bonds. The van der Waals surface area contributed by atoms with Crippen molar-refractivity contribution in [2.75, 3.05) is 25.0 Å². The van der Waals surface area contributed by atoms with Crippen molar-refractivity contribution in [2.24, 2.45) is 11.7 Å². The van der Waals surface area contributed by atoms with Crippen LogP contribution in [0, 0.1) is 5.92 Å². The van der Waals surface area contributed by atoms with Crippen molar-refractivity contribution in [2.45, 2.75) is 12.8 Å². The Morgan fingerprint density at radius 1 is 1.00 bits per heavy atom. The number of primary amides is 1. The highest BCUT2D eigenvalue weighted by Crippen LogP contribution is 2.24. The number of nitrogens with two attached hydrogens (primary N) is 1. The number of piperidine rings is 1. The van der Waals surface area contributed by atoms with Gasteiger partial charge in [-0.2, -0.15) is 0 Å². The Morgan fingerprint density at radius 3 is 2.32 bits per heavy atom. The van der Waals surface area contributed by atoms with Crippen LogP contribution in [0.2, 0.25) is 0 Å². The van der Waals surface area contributed by atoms with Gasteiger partial charge in [-0.05, 0) is 37.1 Å². The topological polar surface area (TPSA) is 102 Å². The number of carbonyl (C=O) groups is 3. The lowest BCUT2D eigenvalue weighted by Crippen LogP contribution is -2.41. The van der Waals surface area contributed by atoms with Crippen LogP contribution in [-0.4, -0.2) is 42.3 Å². The summed E-state index contributed by atoms with van der Waals surface area (Å²) in [6.07, 6.45) is 1.18. The van der Waals surface area contributed by atoms with E-state index in [1.54, 1.807) is 29.2 Å². The Hall–Kier alpha value is -3.35. The maximum absolute atomic E-state index is 12.9. The number of likely N-dealkylation sites (tertiary alicyclic amines) is 1. The summed E-state index contributed by atoms with van der Waals surface area (Å²) in [5, 5.41) is 2.92. The minimum Gasteiger partial charge on any atom is -0.483 e. The number of ether oxygens (including phenoxy) is 1. The number of nitrogens with one attached hydrogen (secondary N) is 1. The SMILES string of the molecule is NC(=O)COc1ccccc1C(=O)N1CCC(C(=O)Nc2ccccc2)CC1. The number of anilines is 1. The molecule has 1 aliphatic heterocycles. The highest BCUT2D eigenvalue weighted by Gasteiger charge is 2.29. The molecule has 7 heteroatoms. The molecule has 1 heterocycles. The van der Waals surface area contributed by atoms with Gasteiger partial charge in [0.2, 0.25) is 5.91 Å². The van der Waals surface area contributed by atoms with Crippen LogP contribution in [0.25, 0.3) is 0 Å². The van der Waals surface area contributed by atoms with E-state index in [2.05, 4.69) is 5.32 Å². The molecule has 0 aliphatic carbocycles. The molecule has 3 N–H and O–H groups in total. The van der Waals surface area contributed by atoms with Gasteiger partial charge < -0.3 is 20.7 Å². The van der Waals surface area contributed by atoms with Crippen LogP contribution in [-0.2, 0) is 9.59 Å². The number of carbonyl (C=O) groups excluding carboxylic acids is 3. The minimum atomic E-state index is -0.604. The second-order valence-electron chi connectivity index (χ2n) is 6.67. The molecule has 2 aromatic rings. The third kappa shape index (κ3) is 4.88. The first-order chi connectivity index (χ1) is 13.5. The average Bonchev–Trinajstić information content (AvgIpc) is 2.73. The zero-order valence-corrected chi connectivity index (χ0v) is 15.5.